The van der Waals surface area contributed by atoms with E-state index in [1.54, 1.807) is 6.07 Å². The molecule has 1 aromatic carbocycles. The van der Waals surface area contributed by atoms with Crippen LogP contribution >= 0.6 is 0 Å². The van der Waals surface area contributed by atoms with Gasteiger partial charge in [-0.05, 0) is 24.3 Å². The molecule has 132 valence electrons. The number of rotatable bonds is 2. The average molecular weight is 365 g/mol. The number of pyridine rings is 1. The van der Waals surface area contributed by atoms with Crippen molar-refractivity contribution in [2.75, 3.05) is 5.73 Å². The van der Waals surface area contributed by atoms with Crippen LogP contribution < -0.4 is 5.73 Å². The first-order valence-corrected chi connectivity index (χ1v) is 7.00. The van der Waals surface area contributed by atoms with Crippen molar-refractivity contribution in [3.05, 3.63) is 59.3 Å². The van der Waals surface area contributed by atoms with Crippen molar-refractivity contribution < 1.29 is 22.0 Å². The van der Waals surface area contributed by atoms with E-state index in [4.69, 9.17) is 5.73 Å². The number of nitriles is 1. The van der Waals surface area contributed by atoms with Crippen LogP contribution in [0.1, 0.15) is 11.1 Å². The molecule has 2 N–H and O–H groups in total. The molecule has 10 heteroatoms. The molecule has 3 rings (SSSR count). The molecule has 0 spiro atoms. The van der Waals surface area contributed by atoms with Gasteiger partial charge in [-0.2, -0.15) is 28.2 Å². The van der Waals surface area contributed by atoms with Crippen LogP contribution in [0.4, 0.5) is 27.8 Å². The van der Waals surface area contributed by atoms with E-state index in [1.807, 2.05) is 0 Å². The number of alkyl halides is 3. The van der Waals surface area contributed by atoms with Gasteiger partial charge in [-0.1, -0.05) is 0 Å². The van der Waals surface area contributed by atoms with Gasteiger partial charge in [0.25, 0.3) is 0 Å². The Balaban J connectivity index is 2.20. The van der Waals surface area contributed by atoms with E-state index in [9.17, 15) is 27.2 Å². The molecule has 3 aromatic rings. The highest BCUT2D eigenvalue weighted by molar-refractivity contribution is 5.74. The molecule has 0 atom stereocenters. The molecule has 0 bridgehead atoms. The van der Waals surface area contributed by atoms with E-state index < -0.39 is 23.4 Å². The normalized spacial score (nSPS) is 11.4. The third kappa shape index (κ3) is 2.95. The van der Waals surface area contributed by atoms with Crippen molar-refractivity contribution in [3.63, 3.8) is 0 Å². The fraction of sp³-hybridized carbons (Fsp3) is 0.0625. The average Bonchev–Trinajstić information content (AvgIpc) is 2.90. The predicted octanol–water partition coefficient (Wildman–Crippen LogP) is 3.69. The van der Waals surface area contributed by atoms with Crippen LogP contribution in [0.15, 0.2) is 36.5 Å². The second-order valence-corrected chi connectivity index (χ2v) is 5.16. The summed E-state index contributed by atoms with van der Waals surface area (Å²) >= 11 is 0. The van der Waals surface area contributed by atoms with Gasteiger partial charge < -0.3 is 5.73 Å². The fourth-order valence-electron chi connectivity index (χ4n) is 2.30. The van der Waals surface area contributed by atoms with Crippen molar-refractivity contribution in [2.24, 2.45) is 0 Å². The maximum Gasteiger partial charge on any atom is 0.416 e. The van der Waals surface area contributed by atoms with Crippen LogP contribution in [0.5, 0.6) is 0 Å². The SMILES string of the molecule is N#Cc1c(-c2ccc(F)cc2F)nn(-c2cc(C(F)(F)F)ccn2)c1N. The Kier molecular flexibility index (Phi) is 4.07. The van der Waals surface area contributed by atoms with Gasteiger partial charge in [0.15, 0.2) is 5.82 Å². The molecule has 0 aliphatic carbocycles. The molecule has 0 fully saturated rings. The van der Waals surface area contributed by atoms with Crippen molar-refractivity contribution in [2.45, 2.75) is 6.18 Å². The monoisotopic (exact) mass is 365 g/mol. The van der Waals surface area contributed by atoms with Gasteiger partial charge in [-0.3, -0.25) is 0 Å². The molecular weight excluding hydrogens is 357 g/mol. The zero-order chi connectivity index (χ0) is 19.1. The Morgan fingerprint density at radius 1 is 1.12 bits per heavy atom. The van der Waals surface area contributed by atoms with Gasteiger partial charge in [0, 0.05) is 17.8 Å². The lowest BCUT2D eigenvalue weighted by atomic mass is 10.1. The van der Waals surface area contributed by atoms with Gasteiger partial charge in [-0.15, -0.1) is 0 Å². The number of anilines is 1. The number of hydrogen-bond donors (Lipinski definition) is 1. The smallest absolute Gasteiger partial charge is 0.382 e. The topological polar surface area (TPSA) is 80.5 Å². The zero-order valence-corrected chi connectivity index (χ0v) is 12.7. The van der Waals surface area contributed by atoms with E-state index >= 15 is 0 Å². The van der Waals surface area contributed by atoms with Crippen LogP contribution in [-0.4, -0.2) is 14.8 Å². The summed E-state index contributed by atoms with van der Waals surface area (Å²) in [5, 5.41) is 13.2. The number of hydrogen-bond acceptors (Lipinski definition) is 4. The number of nitrogens with two attached hydrogens (primary N) is 1. The van der Waals surface area contributed by atoms with Crippen molar-refractivity contribution in [3.8, 4) is 23.1 Å². The molecule has 0 saturated carbocycles. The molecule has 2 heterocycles. The van der Waals surface area contributed by atoms with Crippen LogP contribution in [0.25, 0.3) is 17.1 Å². The highest BCUT2D eigenvalue weighted by Crippen LogP contribution is 2.33. The van der Waals surface area contributed by atoms with Gasteiger partial charge in [-0.25, -0.2) is 13.8 Å². The lowest BCUT2D eigenvalue weighted by Crippen LogP contribution is -2.09. The quantitative estimate of drug-likeness (QED) is 0.703. The minimum Gasteiger partial charge on any atom is -0.382 e. The van der Waals surface area contributed by atoms with E-state index in [-0.39, 0.29) is 28.5 Å². The molecule has 0 aliphatic heterocycles. The van der Waals surface area contributed by atoms with Gasteiger partial charge in [0.05, 0.1) is 5.56 Å². The maximum atomic E-state index is 14.0. The minimum absolute atomic E-state index is 0.222. The number of benzene rings is 1. The van der Waals surface area contributed by atoms with Crippen LogP contribution in [0.2, 0.25) is 0 Å². The summed E-state index contributed by atoms with van der Waals surface area (Å²) in [7, 11) is 0. The van der Waals surface area contributed by atoms with Crippen LogP contribution in [0.3, 0.4) is 0 Å². The standard InChI is InChI=1S/C16H8F5N5/c17-9-1-2-10(12(18)6-9)14-11(7-22)15(23)26(25-14)13-5-8(3-4-24-13)16(19,20)21/h1-6H,23H2. The number of nitrogens with zero attached hydrogens (tertiary/aromatic N) is 4. The van der Waals surface area contributed by atoms with Crippen LogP contribution in [-0.2, 0) is 6.18 Å². The van der Waals surface area contributed by atoms with Crippen molar-refractivity contribution in [1.29, 1.82) is 5.26 Å². The molecule has 0 aliphatic rings. The summed E-state index contributed by atoms with van der Waals surface area (Å²) in [5.74, 6) is -2.46. The Morgan fingerprint density at radius 3 is 2.46 bits per heavy atom. The largest absolute Gasteiger partial charge is 0.416 e. The minimum atomic E-state index is -4.62. The van der Waals surface area contributed by atoms with E-state index in [0.29, 0.717) is 12.1 Å². The van der Waals surface area contributed by atoms with Crippen LogP contribution in [0, 0.1) is 23.0 Å². The summed E-state index contributed by atoms with van der Waals surface area (Å²) in [4.78, 5) is 3.76. The highest BCUT2D eigenvalue weighted by atomic mass is 19.4. The summed E-state index contributed by atoms with van der Waals surface area (Å²) in [5.41, 5.74) is 4.06. The number of nitrogen functional groups attached to an aromatic ring is 1. The summed E-state index contributed by atoms with van der Waals surface area (Å²) in [6, 6.07) is 5.77. The number of halogens is 5. The zero-order valence-electron chi connectivity index (χ0n) is 12.7. The second-order valence-electron chi connectivity index (χ2n) is 5.16. The highest BCUT2D eigenvalue weighted by Gasteiger charge is 2.31. The van der Waals surface area contributed by atoms with Crippen molar-refractivity contribution >= 4 is 5.82 Å². The molecule has 2 aromatic heterocycles. The Morgan fingerprint density at radius 2 is 1.85 bits per heavy atom. The first-order chi connectivity index (χ1) is 12.2. The molecule has 5 nitrogen and oxygen atoms in total. The van der Waals surface area contributed by atoms with E-state index in [1.165, 1.54) is 0 Å². The summed E-state index contributed by atoms with van der Waals surface area (Å²) < 4.78 is 66.5. The summed E-state index contributed by atoms with van der Waals surface area (Å²) in [6.45, 7) is 0. The molecule has 26 heavy (non-hydrogen) atoms. The molecule has 0 amide bonds. The molecule has 0 saturated heterocycles. The van der Waals surface area contributed by atoms with E-state index in [2.05, 4.69) is 10.1 Å². The van der Waals surface area contributed by atoms with Gasteiger partial charge >= 0.3 is 6.18 Å². The third-order valence-corrected chi connectivity index (χ3v) is 3.51. The molecule has 0 unspecified atom stereocenters. The van der Waals surface area contributed by atoms with Gasteiger partial charge in [0.1, 0.15) is 34.8 Å². The Labute approximate surface area is 143 Å². The third-order valence-electron chi connectivity index (χ3n) is 3.51. The lowest BCUT2D eigenvalue weighted by molar-refractivity contribution is -0.137. The summed E-state index contributed by atoms with van der Waals surface area (Å²) in [6.07, 6.45) is -3.72. The van der Waals surface area contributed by atoms with E-state index in [0.717, 1.165) is 29.1 Å². The Hall–Kier alpha value is -3.48. The fourth-order valence-corrected chi connectivity index (χ4v) is 2.30. The van der Waals surface area contributed by atoms with Gasteiger partial charge in [0.2, 0.25) is 0 Å². The molecule has 0 radical (unpaired) electrons. The first kappa shape index (κ1) is 17.3. The lowest BCUT2D eigenvalue weighted by Gasteiger charge is -2.08. The Bertz CT molecular complexity index is 1030. The number of aromatic nitrogens is 3. The van der Waals surface area contributed by atoms with Crippen molar-refractivity contribution in [1.82, 2.24) is 14.8 Å². The first-order valence-electron chi connectivity index (χ1n) is 7.00. The predicted molar refractivity (Wildman–Crippen MR) is 80.8 cm³/mol. The maximum absolute atomic E-state index is 14.0. The second kappa shape index (κ2) is 6.11. The molecular formula is C16H8F5N5.